The fourth-order valence-electron chi connectivity index (χ4n) is 2.71. The van der Waals surface area contributed by atoms with Crippen molar-refractivity contribution < 1.29 is 4.42 Å². The molecule has 0 radical (unpaired) electrons. The summed E-state index contributed by atoms with van der Waals surface area (Å²) in [5.41, 5.74) is 9.10. The fraction of sp³-hybridized carbons (Fsp3) is 0.500. The molecule has 1 aromatic heterocycles. The van der Waals surface area contributed by atoms with E-state index in [-0.39, 0.29) is 11.8 Å². The van der Waals surface area contributed by atoms with E-state index < -0.39 is 0 Å². The van der Waals surface area contributed by atoms with Gasteiger partial charge in [0.05, 0.1) is 5.52 Å². The minimum atomic E-state index is -0.331. The predicted molar refractivity (Wildman–Crippen MR) is 70.3 cm³/mol. The molecule has 1 aromatic carbocycles. The summed E-state index contributed by atoms with van der Waals surface area (Å²) in [6.07, 6.45) is 1.16. The highest BCUT2D eigenvalue weighted by molar-refractivity contribution is 5.73. The van der Waals surface area contributed by atoms with Gasteiger partial charge in [-0.25, -0.2) is 4.79 Å². The molecule has 96 valence electrons. The van der Waals surface area contributed by atoms with Crippen LogP contribution < -0.4 is 11.5 Å². The molecule has 18 heavy (non-hydrogen) atoms. The third-order valence-electron chi connectivity index (χ3n) is 4.22. The minimum Gasteiger partial charge on any atom is -0.408 e. The lowest BCUT2D eigenvalue weighted by atomic mass is 9.98. The summed E-state index contributed by atoms with van der Waals surface area (Å²) in [5, 5.41) is 0. The number of hydrogen-bond acceptors (Lipinski definition) is 3. The summed E-state index contributed by atoms with van der Waals surface area (Å²) in [4.78, 5) is 11.4. The Balaban J connectivity index is 2.01. The van der Waals surface area contributed by atoms with Crippen LogP contribution in [0.4, 0.5) is 0 Å². The molecule has 4 nitrogen and oxygen atoms in total. The molecular weight excluding hydrogens is 228 g/mol. The maximum atomic E-state index is 11.4. The molecule has 0 bridgehead atoms. The first kappa shape index (κ1) is 11.5. The van der Waals surface area contributed by atoms with E-state index in [1.807, 2.05) is 18.2 Å². The predicted octanol–water partition coefficient (Wildman–Crippen LogP) is 2.18. The molecule has 0 amide bonds. The van der Waals surface area contributed by atoms with Crippen molar-refractivity contribution in [2.24, 2.45) is 24.1 Å². The number of nitrogens with zero attached hydrogens (tertiary/aromatic N) is 1. The summed E-state index contributed by atoms with van der Waals surface area (Å²) in [7, 11) is 1.71. The third-order valence-corrected chi connectivity index (χ3v) is 4.22. The normalized spacial score (nSPS) is 23.2. The highest BCUT2D eigenvalue weighted by Gasteiger charge is 2.49. The summed E-state index contributed by atoms with van der Waals surface area (Å²) in [6.45, 7) is 4.47. The molecule has 1 fully saturated rings. The Kier molecular flexibility index (Phi) is 2.23. The van der Waals surface area contributed by atoms with Crippen LogP contribution in [-0.2, 0) is 7.05 Å². The van der Waals surface area contributed by atoms with Crippen molar-refractivity contribution in [3.05, 3.63) is 34.3 Å². The van der Waals surface area contributed by atoms with Gasteiger partial charge in [-0.2, -0.15) is 0 Å². The number of fused-ring (bicyclic) bond motifs is 1. The van der Waals surface area contributed by atoms with Crippen LogP contribution in [0.15, 0.2) is 27.4 Å². The van der Waals surface area contributed by atoms with Gasteiger partial charge in [0, 0.05) is 13.1 Å². The quantitative estimate of drug-likeness (QED) is 0.883. The van der Waals surface area contributed by atoms with Gasteiger partial charge >= 0.3 is 5.76 Å². The molecule has 2 unspecified atom stereocenters. The summed E-state index contributed by atoms with van der Waals surface area (Å²) in [6, 6.07) is 5.83. The van der Waals surface area contributed by atoms with E-state index in [1.54, 1.807) is 7.05 Å². The average Bonchev–Trinajstić information content (AvgIpc) is 2.86. The van der Waals surface area contributed by atoms with Gasteiger partial charge in [0.2, 0.25) is 0 Å². The maximum Gasteiger partial charge on any atom is 0.419 e. The van der Waals surface area contributed by atoms with Crippen molar-refractivity contribution in [2.45, 2.75) is 26.3 Å². The van der Waals surface area contributed by atoms with Gasteiger partial charge in [-0.1, -0.05) is 19.9 Å². The van der Waals surface area contributed by atoms with E-state index in [1.165, 1.54) is 4.57 Å². The van der Waals surface area contributed by atoms with E-state index >= 15 is 0 Å². The van der Waals surface area contributed by atoms with Crippen molar-refractivity contribution in [1.82, 2.24) is 4.57 Å². The van der Waals surface area contributed by atoms with Gasteiger partial charge in [-0.3, -0.25) is 4.57 Å². The molecule has 0 spiro atoms. The summed E-state index contributed by atoms with van der Waals surface area (Å²) >= 11 is 0. The smallest absolute Gasteiger partial charge is 0.408 e. The van der Waals surface area contributed by atoms with Gasteiger partial charge in [-0.05, 0) is 35.4 Å². The molecule has 1 saturated carbocycles. The van der Waals surface area contributed by atoms with Crippen LogP contribution in [0.25, 0.3) is 11.1 Å². The molecule has 3 rings (SSSR count). The SMILES string of the molecule is Cn1c(=O)oc2cc(C(N)C3CC3(C)C)ccc21. The number of rotatable bonds is 2. The Bertz CT molecular complexity index is 666. The molecule has 4 heteroatoms. The first-order valence-electron chi connectivity index (χ1n) is 6.25. The van der Waals surface area contributed by atoms with Crippen LogP contribution in [0.1, 0.15) is 31.9 Å². The maximum absolute atomic E-state index is 11.4. The average molecular weight is 246 g/mol. The zero-order valence-corrected chi connectivity index (χ0v) is 10.9. The Morgan fingerprint density at radius 2 is 2.17 bits per heavy atom. The Morgan fingerprint density at radius 1 is 1.50 bits per heavy atom. The first-order chi connectivity index (χ1) is 8.40. The van der Waals surface area contributed by atoms with Gasteiger partial charge in [0.1, 0.15) is 0 Å². The van der Waals surface area contributed by atoms with Crippen LogP contribution in [0.5, 0.6) is 0 Å². The van der Waals surface area contributed by atoms with Crippen molar-refractivity contribution in [2.75, 3.05) is 0 Å². The van der Waals surface area contributed by atoms with E-state index in [9.17, 15) is 4.79 Å². The molecular formula is C14H18N2O2. The Morgan fingerprint density at radius 3 is 2.78 bits per heavy atom. The molecule has 2 aromatic rings. The molecule has 1 aliphatic carbocycles. The molecule has 1 aliphatic rings. The largest absolute Gasteiger partial charge is 0.419 e. The lowest BCUT2D eigenvalue weighted by molar-refractivity contribution is 0.490. The lowest BCUT2D eigenvalue weighted by Crippen LogP contribution is -2.15. The molecule has 2 N–H and O–H groups in total. The number of aromatic nitrogens is 1. The number of hydrogen-bond donors (Lipinski definition) is 1. The van der Waals surface area contributed by atoms with Crippen LogP contribution in [0.3, 0.4) is 0 Å². The molecule has 0 saturated heterocycles. The highest BCUT2D eigenvalue weighted by atomic mass is 16.4. The lowest BCUT2D eigenvalue weighted by Gasteiger charge is -2.13. The van der Waals surface area contributed by atoms with Crippen LogP contribution >= 0.6 is 0 Å². The Labute approximate surface area is 105 Å². The van der Waals surface area contributed by atoms with Crippen molar-refractivity contribution in [3.63, 3.8) is 0 Å². The van der Waals surface area contributed by atoms with E-state index in [0.717, 1.165) is 17.5 Å². The molecule has 0 aliphatic heterocycles. The summed E-state index contributed by atoms with van der Waals surface area (Å²) < 4.78 is 6.70. The molecule has 1 heterocycles. The van der Waals surface area contributed by atoms with E-state index in [4.69, 9.17) is 10.2 Å². The zero-order chi connectivity index (χ0) is 13.1. The number of benzene rings is 1. The molecule has 2 atom stereocenters. The monoisotopic (exact) mass is 246 g/mol. The second-order valence-corrected chi connectivity index (χ2v) is 5.98. The Hall–Kier alpha value is -1.55. The van der Waals surface area contributed by atoms with Crippen LogP contribution in [0.2, 0.25) is 0 Å². The van der Waals surface area contributed by atoms with Gasteiger partial charge in [0.25, 0.3) is 0 Å². The van der Waals surface area contributed by atoms with E-state index in [0.29, 0.717) is 16.9 Å². The zero-order valence-electron chi connectivity index (χ0n) is 10.9. The van der Waals surface area contributed by atoms with Crippen molar-refractivity contribution >= 4 is 11.1 Å². The van der Waals surface area contributed by atoms with Crippen molar-refractivity contribution in [3.8, 4) is 0 Å². The van der Waals surface area contributed by atoms with Crippen LogP contribution in [0, 0.1) is 11.3 Å². The third kappa shape index (κ3) is 1.60. The summed E-state index contributed by atoms with van der Waals surface area (Å²) in [5.74, 6) is 0.188. The second-order valence-electron chi connectivity index (χ2n) is 5.98. The van der Waals surface area contributed by atoms with Crippen molar-refractivity contribution in [1.29, 1.82) is 0 Å². The van der Waals surface area contributed by atoms with Gasteiger partial charge in [0.15, 0.2) is 5.58 Å². The topological polar surface area (TPSA) is 61.2 Å². The van der Waals surface area contributed by atoms with Gasteiger partial charge in [-0.15, -0.1) is 0 Å². The second kappa shape index (κ2) is 3.48. The minimum absolute atomic E-state index is 0.0231. The number of aryl methyl sites for hydroxylation is 1. The van der Waals surface area contributed by atoms with Crippen LogP contribution in [-0.4, -0.2) is 4.57 Å². The highest BCUT2D eigenvalue weighted by Crippen LogP contribution is 2.57. The number of oxazole rings is 1. The van der Waals surface area contributed by atoms with Gasteiger partial charge < -0.3 is 10.2 Å². The number of nitrogens with two attached hydrogens (primary N) is 1. The fourth-order valence-corrected chi connectivity index (χ4v) is 2.71. The first-order valence-corrected chi connectivity index (χ1v) is 6.25. The van der Waals surface area contributed by atoms with E-state index in [2.05, 4.69) is 13.8 Å². The standard InChI is InChI=1S/C14H18N2O2/c1-14(2)7-9(14)12(15)8-4-5-10-11(6-8)18-13(17)16(10)3/h4-6,9,12H,7,15H2,1-3H3.